The van der Waals surface area contributed by atoms with Gasteiger partial charge < -0.3 is 79.7 Å². The summed E-state index contributed by atoms with van der Waals surface area (Å²) in [6.45, 7) is 11.6. The third-order valence-corrected chi connectivity index (χ3v) is 15.5. The summed E-state index contributed by atoms with van der Waals surface area (Å²) >= 11 is 1.49. The molecular formula is C62H89N11O16S. The number of carboxylic acid groups (broad SMARTS) is 2. The number of carbonyl (C=O) groups is 12. The summed E-state index contributed by atoms with van der Waals surface area (Å²) in [5, 5.41) is 62.6. The maximum atomic E-state index is 14.6. The van der Waals surface area contributed by atoms with Crippen LogP contribution in [0, 0.1) is 17.8 Å². The van der Waals surface area contributed by atoms with Gasteiger partial charge in [0.1, 0.15) is 65.9 Å². The topological polar surface area (TPSA) is 446 Å². The summed E-state index contributed by atoms with van der Waals surface area (Å²) in [5.41, 5.74) is 13.1. The van der Waals surface area contributed by atoms with Crippen molar-refractivity contribution < 1.29 is 78.0 Å². The van der Waals surface area contributed by atoms with Crippen LogP contribution in [0.25, 0.3) is 0 Å². The van der Waals surface area contributed by atoms with E-state index >= 15 is 0 Å². The summed E-state index contributed by atoms with van der Waals surface area (Å²) in [7, 11) is 0. The minimum absolute atomic E-state index is 0.0229. The summed E-state index contributed by atoms with van der Waals surface area (Å²) in [6, 6.07) is 5.73. The van der Waals surface area contributed by atoms with Gasteiger partial charge in [0, 0.05) is 25.7 Å². The third kappa shape index (κ3) is 26.1. The van der Waals surface area contributed by atoms with Crippen molar-refractivity contribution >= 4 is 82.8 Å². The Hall–Kier alpha value is -8.79. The van der Waals surface area contributed by atoms with Crippen LogP contribution >= 0.6 is 11.8 Å². The molecule has 0 aromatic heterocycles. The van der Waals surface area contributed by atoms with Gasteiger partial charge in [-0.25, -0.2) is 4.79 Å². The van der Waals surface area contributed by atoms with Gasteiger partial charge in [0.25, 0.3) is 0 Å². The van der Waals surface area contributed by atoms with Gasteiger partial charge in [-0.1, -0.05) is 109 Å². The van der Waals surface area contributed by atoms with Crippen LogP contribution in [0.1, 0.15) is 110 Å². The van der Waals surface area contributed by atoms with Crippen LogP contribution in [0.15, 0.2) is 78.9 Å². The number of nitrogens with two attached hydrogens (primary N) is 2. The minimum Gasteiger partial charge on any atom is -0.508 e. The first-order valence-corrected chi connectivity index (χ1v) is 31.2. The molecule has 3 rings (SSSR count). The van der Waals surface area contributed by atoms with Crippen LogP contribution in [0.5, 0.6) is 11.5 Å². The molecule has 0 heterocycles. The molecule has 3 aromatic rings. The summed E-state index contributed by atoms with van der Waals surface area (Å²) < 4.78 is 0. The standard InChI is InChI=1S/C62H89N11O16S/c1-9-34(5)51(72-59(85)46(30-39-18-22-41(75)23-19-39)68-54(80)42(63)26-27-90-8)60(86)65-36(7)53(79)67-45(29-38-16-20-40(74)21-17-38)58(84)73-52(35(6)10-2)61(87)70-44(28-33(3)4)56(82)66-43(24-25-50(77)78)55(81)69-47(32-49(64)76)57(83)71-48(62(88)89)31-37-14-12-11-13-15-37/h11-23,33-36,42-48,51-52,74-75H,9-10,24-32,63H2,1-8H3,(H2,64,76)(H,65,86)(H,66,82)(H,67,79)(H,68,80)(H,69,81)(H,70,87)(H,71,83)(H,72,85)(H,73,84)(H,77,78)(H,88,89)/t34-,35-,36-,42-,43-,44-,45-,46-,47-,48-,51-,52-/m0/s1. The zero-order valence-corrected chi connectivity index (χ0v) is 52.9. The van der Waals surface area contributed by atoms with Gasteiger partial charge in [-0.2, -0.15) is 11.8 Å². The van der Waals surface area contributed by atoms with Gasteiger partial charge in [0.05, 0.1) is 12.5 Å². The Morgan fingerprint density at radius 1 is 0.467 bits per heavy atom. The number of carbonyl (C=O) groups excluding carboxylic acids is 10. The summed E-state index contributed by atoms with van der Waals surface area (Å²) in [5.74, 6) is -13.0. The smallest absolute Gasteiger partial charge is 0.326 e. The minimum atomic E-state index is -1.79. The molecule has 0 spiro atoms. The highest BCUT2D eigenvalue weighted by Crippen LogP contribution is 2.18. The molecule has 0 aliphatic carbocycles. The molecule has 0 saturated heterocycles. The highest BCUT2D eigenvalue weighted by atomic mass is 32.2. The van der Waals surface area contributed by atoms with E-state index in [0.29, 0.717) is 35.3 Å². The molecule has 3 aromatic carbocycles. The van der Waals surface area contributed by atoms with Crippen molar-refractivity contribution in [2.24, 2.45) is 29.2 Å². The first-order chi connectivity index (χ1) is 42.5. The Kier molecular flexibility index (Phi) is 31.8. The Balaban J connectivity index is 1.90. The number of hydrogen-bond acceptors (Lipinski definition) is 16. The second-order valence-corrected chi connectivity index (χ2v) is 23.7. The first-order valence-electron chi connectivity index (χ1n) is 29.8. The number of benzene rings is 3. The molecule has 0 fully saturated rings. The van der Waals surface area contributed by atoms with Crippen molar-refractivity contribution in [3.05, 3.63) is 95.6 Å². The maximum absolute atomic E-state index is 14.6. The van der Waals surface area contributed by atoms with Gasteiger partial charge in [-0.05, 0) is 96.9 Å². The number of phenolic OH excluding ortho intramolecular Hbond substituents is 2. The number of rotatable bonds is 39. The van der Waals surface area contributed by atoms with E-state index in [0.717, 1.165) is 0 Å². The lowest BCUT2D eigenvalue weighted by Gasteiger charge is -2.30. The van der Waals surface area contributed by atoms with Crippen LogP contribution in [-0.2, 0) is 76.8 Å². The van der Waals surface area contributed by atoms with E-state index in [9.17, 15) is 78.0 Å². The third-order valence-electron chi connectivity index (χ3n) is 14.9. The van der Waals surface area contributed by atoms with Gasteiger partial charge >= 0.3 is 11.9 Å². The fourth-order valence-corrected chi connectivity index (χ4v) is 9.65. The second kappa shape index (κ2) is 37.9. The molecule has 27 nitrogen and oxygen atoms in total. The average Bonchev–Trinajstić information content (AvgIpc) is 3.60. The van der Waals surface area contributed by atoms with Crippen LogP contribution in [0.3, 0.4) is 0 Å². The van der Waals surface area contributed by atoms with Crippen molar-refractivity contribution in [1.82, 2.24) is 47.9 Å². The van der Waals surface area contributed by atoms with Crippen molar-refractivity contribution in [2.75, 3.05) is 12.0 Å². The lowest BCUT2D eigenvalue weighted by Crippen LogP contribution is -2.62. The molecule has 0 bridgehead atoms. The number of amides is 10. The molecule has 0 aliphatic rings. The molecular weight excluding hydrogens is 1190 g/mol. The molecule has 17 N–H and O–H groups in total. The number of nitrogens with one attached hydrogen (secondary N) is 9. The fourth-order valence-electron chi connectivity index (χ4n) is 9.16. The molecule has 494 valence electrons. The van der Waals surface area contributed by atoms with E-state index in [-0.39, 0.29) is 49.5 Å². The van der Waals surface area contributed by atoms with E-state index in [1.165, 1.54) is 55.1 Å². The molecule has 12 atom stereocenters. The quantitative estimate of drug-likeness (QED) is 0.0371. The van der Waals surface area contributed by atoms with Gasteiger partial charge in [0.15, 0.2) is 0 Å². The number of phenols is 2. The number of aromatic hydroxyl groups is 2. The Labute approximate surface area is 527 Å². The first kappa shape index (κ1) is 75.5. The molecule has 0 aliphatic heterocycles. The lowest BCUT2D eigenvalue weighted by atomic mass is 9.95. The largest absolute Gasteiger partial charge is 0.508 e. The Morgan fingerprint density at radius 2 is 0.867 bits per heavy atom. The highest BCUT2D eigenvalue weighted by molar-refractivity contribution is 7.98. The normalized spacial score (nSPS) is 15.1. The van der Waals surface area contributed by atoms with Gasteiger partial charge in [-0.15, -0.1) is 0 Å². The molecule has 0 saturated carbocycles. The zero-order valence-electron chi connectivity index (χ0n) is 52.0. The van der Waals surface area contributed by atoms with Crippen LogP contribution in [0.2, 0.25) is 0 Å². The van der Waals surface area contributed by atoms with Crippen LogP contribution in [-0.4, -0.2) is 164 Å². The van der Waals surface area contributed by atoms with Crippen LogP contribution in [0.4, 0.5) is 0 Å². The Morgan fingerprint density at radius 3 is 1.32 bits per heavy atom. The van der Waals surface area contributed by atoms with E-state index in [4.69, 9.17) is 11.5 Å². The van der Waals surface area contributed by atoms with Crippen molar-refractivity contribution in [1.29, 1.82) is 0 Å². The predicted octanol–water partition coefficient (Wildman–Crippen LogP) is 0.552. The SMILES string of the molecule is CC[C@H](C)[C@H](NC(=O)[C@H](Cc1ccc(O)cc1)NC(=O)[C@@H](N)CCSC)C(=O)N[C@@H](C)C(=O)N[C@@H](Cc1ccc(O)cc1)C(=O)N[C@H](C(=O)N[C@@H](CC(C)C)C(=O)N[C@@H](CCC(=O)O)C(=O)N[C@@H](CC(N)=O)C(=O)N[C@@H](Cc1ccccc1)C(=O)O)[C@@H](C)CC. The molecule has 0 unspecified atom stereocenters. The predicted molar refractivity (Wildman–Crippen MR) is 334 cm³/mol. The molecule has 90 heavy (non-hydrogen) atoms. The van der Waals surface area contributed by atoms with E-state index in [1.807, 2.05) is 6.26 Å². The van der Waals surface area contributed by atoms with Crippen molar-refractivity contribution in [2.45, 2.75) is 173 Å². The Bertz CT molecular complexity index is 2920. The van der Waals surface area contributed by atoms with E-state index in [2.05, 4.69) is 47.9 Å². The van der Waals surface area contributed by atoms with Gasteiger partial charge in [0.2, 0.25) is 59.1 Å². The zero-order chi connectivity index (χ0) is 67.4. The maximum Gasteiger partial charge on any atom is 0.326 e. The number of carboxylic acids is 2. The van der Waals surface area contributed by atoms with Crippen molar-refractivity contribution in [3.63, 3.8) is 0 Å². The van der Waals surface area contributed by atoms with E-state index < -0.39 is 163 Å². The number of aliphatic carboxylic acids is 2. The molecule has 28 heteroatoms. The fraction of sp³-hybridized carbons (Fsp3) is 0.516. The number of thioether (sulfide) groups is 1. The molecule has 0 radical (unpaired) electrons. The van der Waals surface area contributed by atoms with Crippen LogP contribution < -0.4 is 59.3 Å². The number of hydrogen-bond donors (Lipinski definition) is 15. The van der Waals surface area contributed by atoms with Gasteiger partial charge in [-0.3, -0.25) is 52.7 Å². The monoisotopic (exact) mass is 1280 g/mol. The summed E-state index contributed by atoms with van der Waals surface area (Å²) in [4.78, 5) is 163. The number of primary amides is 1. The van der Waals surface area contributed by atoms with E-state index in [1.54, 1.807) is 84.0 Å². The highest BCUT2D eigenvalue weighted by Gasteiger charge is 2.38. The average molecular weight is 1280 g/mol. The lowest BCUT2D eigenvalue weighted by molar-refractivity contribution is -0.142. The molecule has 10 amide bonds. The second-order valence-electron chi connectivity index (χ2n) is 22.7. The summed E-state index contributed by atoms with van der Waals surface area (Å²) in [6.07, 6.45) is 0.207. The van der Waals surface area contributed by atoms with Crippen molar-refractivity contribution in [3.8, 4) is 11.5 Å².